The van der Waals surface area contributed by atoms with Crippen molar-refractivity contribution in [3.63, 3.8) is 0 Å². The molecule has 1 aliphatic heterocycles. The van der Waals surface area contributed by atoms with Crippen LogP contribution in [0, 0.1) is 0 Å². The minimum absolute atomic E-state index is 0.0609. The maximum Gasteiger partial charge on any atom is 0.411 e. The normalized spacial score (nSPS) is 23.7. The molecular weight excluding hydrogens is 222 g/mol. The van der Waals surface area contributed by atoms with E-state index in [1.165, 1.54) is 13.2 Å². The maximum absolute atomic E-state index is 11.7. The number of carbonyl (C=O) groups excluding carboxylic acids is 2. The number of methoxy groups -OCH3 is 1. The third-order valence-electron chi connectivity index (χ3n) is 2.40. The number of amides is 1. The van der Waals surface area contributed by atoms with Gasteiger partial charge in [0.25, 0.3) is 0 Å². The van der Waals surface area contributed by atoms with Crippen molar-refractivity contribution in [3.05, 3.63) is 12.2 Å². The Morgan fingerprint density at radius 1 is 1.29 bits per heavy atom. The number of carbonyl (C=O) groups is 2. The molecule has 5 heteroatoms. The van der Waals surface area contributed by atoms with Gasteiger partial charge in [-0.2, -0.15) is 0 Å². The summed E-state index contributed by atoms with van der Waals surface area (Å²) in [6.45, 7) is 7.35. The van der Waals surface area contributed by atoms with Gasteiger partial charge in [0.1, 0.15) is 5.60 Å². The molecule has 0 aliphatic carbocycles. The van der Waals surface area contributed by atoms with Crippen molar-refractivity contribution in [2.24, 2.45) is 0 Å². The Morgan fingerprint density at radius 3 is 2.35 bits per heavy atom. The second-order valence-electron chi connectivity index (χ2n) is 5.00. The standard InChI is InChI=1S/C12H19NO4/c1-8-9(6-7-10(14)16-5)13(8)11(15)17-12(2,3)4/h6-9H,1-5H3/b7-6+/t8-,9-,13?/m0/s1. The quantitative estimate of drug-likeness (QED) is 0.419. The summed E-state index contributed by atoms with van der Waals surface area (Å²) in [4.78, 5) is 24.2. The van der Waals surface area contributed by atoms with E-state index in [4.69, 9.17) is 4.74 Å². The van der Waals surface area contributed by atoms with Gasteiger partial charge < -0.3 is 9.47 Å². The molecule has 1 saturated heterocycles. The van der Waals surface area contributed by atoms with Crippen LogP contribution in [-0.4, -0.2) is 41.8 Å². The first kappa shape index (κ1) is 13.5. The Balaban J connectivity index is 2.51. The molecule has 0 unspecified atom stereocenters. The van der Waals surface area contributed by atoms with Crippen LogP contribution in [-0.2, 0) is 14.3 Å². The fraction of sp³-hybridized carbons (Fsp3) is 0.667. The summed E-state index contributed by atoms with van der Waals surface area (Å²) in [7, 11) is 1.31. The van der Waals surface area contributed by atoms with Crippen molar-refractivity contribution in [2.75, 3.05) is 7.11 Å². The molecular formula is C12H19NO4. The molecule has 0 aromatic carbocycles. The van der Waals surface area contributed by atoms with E-state index in [0.717, 1.165) is 0 Å². The van der Waals surface area contributed by atoms with E-state index < -0.39 is 11.6 Å². The van der Waals surface area contributed by atoms with Crippen LogP contribution in [0.4, 0.5) is 4.79 Å². The first-order valence-corrected chi connectivity index (χ1v) is 5.53. The molecule has 1 heterocycles. The average molecular weight is 241 g/mol. The van der Waals surface area contributed by atoms with Gasteiger partial charge in [0.15, 0.2) is 0 Å². The number of hydrogen-bond acceptors (Lipinski definition) is 4. The summed E-state index contributed by atoms with van der Waals surface area (Å²) in [5, 5.41) is 0. The Kier molecular flexibility index (Phi) is 3.80. The lowest BCUT2D eigenvalue weighted by atomic mass is 10.2. The van der Waals surface area contributed by atoms with Gasteiger partial charge in [-0.15, -0.1) is 0 Å². The molecule has 0 radical (unpaired) electrons. The lowest BCUT2D eigenvalue weighted by Gasteiger charge is -2.19. The van der Waals surface area contributed by atoms with Crippen LogP contribution in [0.5, 0.6) is 0 Å². The van der Waals surface area contributed by atoms with Crippen LogP contribution < -0.4 is 0 Å². The number of esters is 1. The van der Waals surface area contributed by atoms with Gasteiger partial charge in [0.2, 0.25) is 0 Å². The van der Waals surface area contributed by atoms with Crippen molar-refractivity contribution in [1.29, 1.82) is 0 Å². The Labute approximate surface area is 101 Å². The average Bonchev–Trinajstić information content (AvgIpc) is 2.83. The van der Waals surface area contributed by atoms with Crippen molar-refractivity contribution in [3.8, 4) is 0 Å². The van der Waals surface area contributed by atoms with Crippen LogP contribution in [0.2, 0.25) is 0 Å². The summed E-state index contributed by atoms with van der Waals surface area (Å²) in [6, 6.07) is -0.0188. The highest BCUT2D eigenvalue weighted by Crippen LogP contribution is 2.31. The van der Waals surface area contributed by atoms with E-state index in [9.17, 15) is 9.59 Å². The second kappa shape index (κ2) is 4.77. The van der Waals surface area contributed by atoms with Gasteiger partial charge in [0, 0.05) is 6.08 Å². The molecule has 96 valence electrons. The van der Waals surface area contributed by atoms with Gasteiger partial charge in [-0.3, -0.25) is 4.90 Å². The molecule has 1 fully saturated rings. The van der Waals surface area contributed by atoms with E-state index in [-0.39, 0.29) is 18.2 Å². The van der Waals surface area contributed by atoms with Gasteiger partial charge >= 0.3 is 12.1 Å². The molecule has 1 amide bonds. The molecule has 0 aromatic rings. The van der Waals surface area contributed by atoms with Crippen molar-refractivity contribution in [1.82, 2.24) is 4.90 Å². The van der Waals surface area contributed by atoms with Crippen molar-refractivity contribution in [2.45, 2.75) is 45.4 Å². The molecule has 5 nitrogen and oxygen atoms in total. The van der Waals surface area contributed by atoms with E-state index >= 15 is 0 Å². The molecule has 0 saturated carbocycles. The summed E-state index contributed by atoms with van der Waals surface area (Å²) in [5.74, 6) is -0.423. The first-order valence-electron chi connectivity index (χ1n) is 5.53. The molecule has 0 spiro atoms. The molecule has 17 heavy (non-hydrogen) atoms. The van der Waals surface area contributed by atoms with Gasteiger partial charge in [-0.25, -0.2) is 9.59 Å². The molecule has 1 rings (SSSR count). The minimum Gasteiger partial charge on any atom is -0.466 e. The SMILES string of the molecule is COC(=O)/C=C/[C@H]1[C@H](C)N1C(=O)OC(C)(C)C. The minimum atomic E-state index is -0.504. The molecule has 2 atom stereocenters. The zero-order chi connectivity index (χ0) is 13.2. The third kappa shape index (κ3) is 3.76. The third-order valence-corrected chi connectivity index (χ3v) is 2.40. The van der Waals surface area contributed by atoms with Gasteiger partial charge in [-0.1, -0.05) is 6.08 Å². The predicted octanol–water partition coefficient (Wildman–Crippen LogP) is 1.72. The highest BCUT2D eigenvalue weighted by Gasteiger charge is 2.47. The highest BCUT2D eigenvalue weighted by atomic mass is 16.6. The summed E-state index contributed by atoms with van der Waals surface area (Å²) in [5.41, 5.74) is -0.504. The summed E-state index contributed by atoms with van der Waals surface area (Å²) >= 11 is 0. The molecule has 0 bridgehead atoms. The van der Waals surface area contributed by atoms with Crippen LogP contribution >= 0.6 is 0 Å². The topological polar surface area (TPSA) is 55.6 Å². The van der Waals surface area contributed by atoms with E-state index in [2.05, 4.69) is 4.74 Å². The fourth-order valence-corrected chi connectivity index (χ4v) is 1.47. The predicted molar refractivity (Wildman–Crippen MR) is 62.5 cm³/mol. The van der Waals surface area contributed by atoms with Gasteiger partial charge in [-0.05, 0) is 27.7 Å². The van der Waals surface area contributed by atoms with E-state index in [1.54, 1.807) is 11.0 Å². The number of nitrogens with zero attached hydrogens (tertiary/aromatic N) is 1. The van der Waals surface area contributed by atoms with Crippen LogP contribution in [0.25, 0.3) is 0 Å². The Bertz CT molecular complexity index is 343. The lowest BCUT2D eigenvalue weighted by Crippen LogP contribution is -2.28. The second-order valence-corrected chi connectivity index (χ2v) is 5.00. The Hall–Kier alpha value is -1.52. The summed E-state index contributed by atoms with van der Waals surface area (Å²) in [6.07, 6.45) is 2.62. The number of ether oxygens (including phenoxy) is 2. The number of hydrogen-bond donors (Lipinski definition) is 0. The monoisotopic (exact) mass is 241 g/mol. The number of rotatable bonds is 2. The smallest absolute Gasteiger partial charge is 0.411 e. The van der Waals surface area contributed by atoms with Crippen molar-refractivity contribution < 1.29 is 19.1 Å². The zero-order valence-corrected chi connectivity index (χ0v) is 10.9. The summed E-state index contributed by atoms with van der Waals surface area (Å²) < 4.78 is 9.71. The van der Waals surface area contributed by atoms with Gasteiger partial charge in [0.05, 0.1) is 19.2 Å². The molecule has 0 N–H and O–H groups in total. The van der Waals surface area contributed by atoms with Crippen LogP contribution in [0.3, 0.4) is 0 Å². The maximum atomic E-state index is 11.7. The first-order chi connectivity index (χ1) is 7.76. The zero-order valence-electron chi connectivity index (χ0n) is 10.9. The van der Waals surface area contributed by atoms with E-state index in [0.29, 0.717) is 0 Å². The van der Waals surface area contributed by atoms with Crippen LogP contribution in [0.15, 0.2) is 12.2 Å². The Morgan fingerprint density at radius 2 is 1.88 bits per heavy atom. The van der Waals surface area contributed by atoms with E-state index in [1.807, 2.05) is 27.7 Å². The molecule has 0 aromatic heterocycles. The largest absolute Gasteiger partial charge is 0.466 e. The highest BCUT2D eigenvalue weighted by molar-refractivity contribution is 5.82. The van der Waals surface area contributed by atoms with Crippen molar-refractivity contribution >= 4 is 12.1 Å². The fourth-order valence-electron chi connectivity index (χ4n) is 1.47. The van der Waals surface area contributed by atoms with Crippen LogP contribution in [0.1, 0.15) is 27.7 Å². The lowest BCUT2D eigenvalue weighted by molar-refractivity contribution is -0.134. The molecule has 1 aliphatic rings.